The quantitative estimate of drug-likeness (QED) is 0.179. The number of benzene rings is 8. The molecule has 2 aromatic heterocycles. The lowest BCUT2D eigenvalue weighted by atomic mass is 10.0. The Bertz CT molecular complexity index is 2850. The molecule has 0 aliphatic heterocycles. The van der Waals surface area contributed by atoms with Crippen molar-refractivity contribution in [1.82, 2.24) is 9.55 Å². The molecule has 0 radical (unpaired) electrons. The predicted molar refractivity (Wildman–Crippen MR) is 211 cm³/mol. The molecule has 8 aromatic carbocycles. The van der Waals surface area contributed by atoms with Gasteiger partial charge in [0.2, 0.25) is 5.89 Å². The van der Waals surface area contributed by atoms with Crippen molar-refractivity contribution in [1.29, 1.82) is 0 Å². The van der Waals surface area contributed by atoms with Gasteiger partial charge in [0, 0.05) is 38.7 Å². The van der Waals surface area contributed by atoms with Crippen LogP contribution < -0.4 is 4.90 Å². The Hall–Kier alpha value is -6.91. The lowest BCUT2D eigenvalue weighted by molar-refractivity contribution is 0.620. The molecule has 0 atom stereocenters. The minimum atomic E-state index is 0.596. The van der Waals surface area contributed by atoms with Gasteiger partial charge in [0.05, 0.1) is 22.4 Å². The van der Waals surface area contributed by atoms with Crippen molar-refractivity contribution in [3.8, 4) is 28.3 Å². The number of anilines is 3. The Kier molecular flexibility index (Phi) is 6.78. The highest BCUT2D eigenvalue weighted by atomic mass is 16.3. The van der Waals surface area contributed by atoms with Crippen LogP contribution in [0.1, 0.15) is 0 Å². The Morgan fingerprint density at radius 3 is 1.90 bits per heavy atom. The summed E-state index contributed by atoms with van der Waals surface area (Å²) in [4.78, 5) is 7.51. The highest BCUT2D eigenvalue weighted by Crippen LogP contribution is 2.47. The minimum absolute atomic E-state index is 0.596. The normalized spacial score (nSPS) is 11.5. The first kappa shape index (κ1) is 29.0. The molecule has 51 heavy (non-hydrogen) atoms. The second-order valence-corrected chi connectivity index (χ2v) is 12.8. The van der Waals surface area contributed by atoms with E-state index < -0.39 is 0 Å². The Labute approximate surface area is 295 Å². The van der Waals surface area contributed by atoms with Crippen LogP contribution in [0.5, 0.6) is 0 Å². The van der Waals surface area contributed by atoms with E-state index in [2.05, 4.69) is 167 Å². The molecular formula is C47H31N3O. The monoisotopic (exact) mass is 653 g/mol. The summed E-state index contributed by atoms with van der Waals surface area (Å²) in [7, 11) is 0. The molecule has 0 spiro atoms. The van der Waals surface area contributed by atoms with Gasteiger partial charge in [0.1, 0.15) is 5.52 Å². The van der Waals surface area contributed by atoms with Crippen LogP contribution in [0.3, 0.4) is 0 Å². The highest BCUT2D eigenvalue weighted by Gasteiger charge is 2.25. The molecule has 4 heteroatoms. The number of nitrogens with zero attached hydrogens (tertiary/aromatic N) is 3. The van der Waals surface area contributed by atoms with E-state index in [9.17, 15) is 0 Å². The zero-order valence-electron chi connectivity index (χ0n) is 27.6. The van der Waals surface area contributed by atoms with Crippen LogP contribution in [0, 0.1) is 0 Å². The van der Waals surface area contributed by atoms with Crippen LogP contribution >= 0.6 is 0 Å². The van der Waals surface area contributed by atoms with E-state index in [0.29, 0.717) is 5.89 Å². The topological polar surface area (TPSA) is 34.2 Å². The molecular weight excluding hydrogens is 623 g/mol. The van der Waals surface area contributed by atoms with Crippen LogP contribution in [0.2, 0.25) is 0 Å². The molecule has 2 heterocycles. The predicted octanol–water partition coefficient (Wildman–Crippen LogP) is 12.9. The Morgan fingerprint density at radius 2 is 1.10 bits per heavy atom. The molecule has 4 nitrogen and oxygen atoms in total. The van der Waals surface area contributed by atoms with Gasteiger partial charge in [-0.15, -0.1) is 0 Å². The first-order valence-electron chi connectivity index (χ1n) is 17.2. The number of rotatable bonds is 6. The van der Waals surface area contributed by atoms with E-state index in [1.807, 2.05) is 30.3 Å². The summed E-state index contributed by atoms with van der Waals surface area (Å²) in [5, 5.41) is 4.56. The molecule has 0 aliphatic carbocycles. The number of aromatic nitrogens is 2. The van der Waals surface area contributed by atoms with Crippen molar-refractivity contribution >= 4 is 60.7 Å². The van der Waals surface area contributed by atoms with Crippen molar-refractivity contribution in [3.05, 3.63) is 188 Å². The molecule has 10 aromatic rings. The molecule has 10 rings (SSSR count). The van der Waals surface area contributed by atoms with E-state index in [-0.39, 0.29) is 0 Å². The lowest BCUT2D eigenvalue weighted by Gasteiger charge is -2.28. The summed E-state index contributed by atoms with van der Waals surface area (Å²) >= 11 is 0. The van der Waals surface area contributed by atoms with Crippen LogP contribution in [0.4, 0.5) is 17.1 Å². The van der Waals surface area contributed by atoms with Crippen molar-refractivity contribution in [2.45, 2.75) is 0 Å². The van der Waals surface area contributed by atoms with Crippen LogP contribution in [-0.2, 0) is 0 Å². The molecule has 0 N–H and O–H groups in total. The highest BCUT2D eigenvalue weighted by molar-refractivity contribution is 6.13. The largest absolute Gasteiger partial charge is 0.434 e. The van der Waals surface area contributed by atoms with Crippen molar-refractivity contribution in [3.63, 3.8) is 0 Å². The molecule has 240 valence electrons. The Morgan fingerprint density at radius 1 is 0.471 bits per heavy atom. The number of fused-ring (bicyclic) bond motifs is 6. The van der Waals surface area contributed by atoms with Gasteiger partial charge in [-0.2, -0.15) is 0 Å². The third kappa shape index (κ3) is 4.80. The van der Waals surface area contributed by atoms with E-state index in [1.165, 1.54) is 16.3 Å². The Balaban J connectivity index is 1.31. The lowest BCUT2D eigenvalue weighted by Crippen LogP contribution is -2.12. The van der Waals surface area contributed by atoms with Gasteiger partial charge in [-0.05, 0) is 65.5 Å². The third-order valence-corrected chi connectivity index (χ3v) is 9.79. The smallest absolute Gasteiger partial charge is 0.227 e. The van der Waals surface area contributed by atoms with Gasteiger partial charge in [-0.3, -0.25) is 0 Å². The fraction of sp³-hybridized carbons (Fsp3) is 0. The molecule has 0 unspecified atom stereocenters. The SMILES string of the molecule is c1ccc(-c2nc3c(o2)c(N(c2ccc4c5ccccc5n(-c5ccccc5)c4c2)c2ccccc2-c2ccccc2)cc2ccccc23)cc1. The first-order chi connectivity index (χ1) is 25.3. The van der Waals surface area contributed by atoms with Crippen LogP contribution in [0.25, 0.3) is 71.9 Å². The van der Waals surface area contributed by atoms with E-state index in [0.717, 1.165) is 66.8 Å². The number of hydrogen-bond acceptors (Lipinski definition) is 3. The molecule has 0 aliphatic rings. The van der Waals surface area contributed by atoms with Gasteiger partial charge >= 0.3 is 0 Å². The van der Waals surface area contributed by atoms with Crippen molar-refractivity contribution in [2.75, 3.05) is 4.90 Å². The molecule has 0 fully saturated rings. The molecule has 0 bridgehead atoms. The maximum Gasteiger partial charge on any atom is 0.227 e. The number of para-hydroxylation sites is 3. The number of hydrogen-bond donors (Lipinski definition) is 0. The average molecular weight is 654 g/mol. The van der Waals surface area contributed by atoms with Gasteiger partial charge in [-0.1, -0.05) is 133 Å². The summed E-state index contributed by atoms with van der Waals surface area (Å²) in [6.45, 7) is 0. The summed E-state index contributed by atoms with van der Waals surface area (Å²) in [6.07, 6.45) is 0. The minimum Gasteiger partial charge on any atom is -0.434 e. The fourth-order valence-electron chi connectivity index (χ4n) is 7.49. The van der Waals surface area contributed by atoms with Gasteiger partial charge in [0.25, 0.3) is 0 Å². The summed E-state index contributed by atoms with van der Waals surface area (Å²) < 4.78 is 9.20. The zero-order chi connectivity index (χ0) is 33.7. The van der Waals surface area contributed by atoms with Crippen molar-refractivity contribution in [2.24, 2.45) is 0 Å². The van der Waals surface area contributed by atoms with Gasteiger partial charge in [0.15, 0.2) is 5.58 Å². The van der Waals surface area contributed by atoms with E-state index >= 15 is 0 Å². The zero-order valence-corrected chi connectivity index (χ0v) is 27.6. The number of oxazole rings is 1. The molecule has 0 saturated heterocycles. The average Bonchev–Trinajstić information content (AvgIpc) is 3.80. The van der Waals surface area contributed by atoms with Gasteiger partial charge < -0.3 is 13.9 Å². The van der Waals surface area contributed by atoms with Crippen LogP contribution in [0.15, 0.2) is 192 Å². The maximum absolute atomic E-state index is 6.83. The summed E-state index contributed by atoms with van der Waals surface area (Å²) in [5.41, 5.74) is 11.2. The second kappa shape index (κ2) is 11.9. The molecule has 0 amide bonds. The van der Waals surface area contributed by atoms with Crippen LogP contribution in [-0.4, -0.2) is 9.55 Å². The fourth-order valence-corrected chi connectivity index (χ4v) is 7.49. The standard InChI is InChI=1S/C47H31N3O/c1-4-16-32(17-5-1)37-23-12-14-26-41(37)50(36-28-29-40-39-25-13-15-27-42(39)49(43(40)31-36)35-21-8-3-9-22-35)44-30-34-20-10-11-24-38(34)45-46(44)51-47(48-45)33-18-6-2-7-19-33/h1-31H. The van der Waals surface area contributed by atoms with E-state index in [1.54, 1.807) is 0 Å². The first-order valence-corrected chi connectivity index (χ1v) is 17.2. The third-order valence-electron chi connectivity index (χ3n) is 9.79. The maximum atomic E-state index is 6.83. The second-order valence-electron chi connectivity index (χ2n) is 12.8. The summed E-state index contributed by atoms with van der Waals surface area (Å²) in [6, 6.07) is 66.1. The van der Waals surface area contributed by atoms with E-state index in [4.69, 9.17) is 9.40 Å². The summed E-state index contributed by atoms with van der Waals surface area (Å²) in [5.74, 6) is 0.596. The molecule has 0 saturated carbocycles. The van der Waals surface area contributed by atoms with Crippen molar-refractivity contribution < 1.29 is 4.42 Å². The van der Waals surface area contributed by atoms with Gasteiger partial charge in [-0.25, -0.2) is 4.98 Å².